The molecule has 8 heavy (non-hydrogen) atoms. The Morgan fingerprint density at radius 1 is 1.12 bits per heavy atom. The predicted molar refractivity (Wildman–Crippen MR) is 33.6 cm³/mol. The van der Waals surface area contributed by atoms with E-state index in [0.717, 1.165) is 0 Å². The second-order valence-electron chi connectivity index (χ2n) is 0.448. The Hall–Kier alpha value is 0.717. The third kappa shape index (κ3) is 427. The van der Waals surface area contributed by atoms with Gasteiger partial charge in [-0.3, -0.25) is 9.11 Å². The molecule has 0 heterocycles. The maximum atomic E-state index is 8.74. The Morgan fingerprint density at radius 3 is 1.12 bits per heavy atom. The molecule has 0 aromatic carbocycles. The van der Waals surface area contributed by atoms with Crippen molar-refractivity contribution < 1.29 is 17.5 Å². The van der Waals surface area contributed by atoms with Gasteiger partial charge < -0.3 is 6.15 Å². The van der Waals surface area contributed by atoms with E-state index in [-0.39, 0.29) is 37.4 Å². The summed E-state index contributed by atoms with van der Waals surface area (Å²) >= 11 is 0. The van der Waals surface area contributed by atoms with Crippen LogP contribution in [-0.4, -0.2) is 36.4 Å². The molecule has 5 N–H and O–H groups in total. The van der Waals surface area contributed by atoms with Gasteiger partial charge in [-0.2, -0.15) is 8.42 Å². The van der Waals surface area contributed by atoms with Gasteiger partial charge in [-0.25, -0.2) is 0 Å². The molecule has 0 spiro atoms. The van der Waals surface area contributed by atoms with Gasteiger partial charge in [0.25, 0.3) is 0 Å². The minimum atomic E-state index is -4.67. The van der Waals surface area contributed by atoms with Crippen LogP contribution in [0.3, 0.4) is 0 Å². The molecule has 0 aliphatic rings. The summed E-state index contributed by atoms with van der Waals surface area (Å²) in [4.78, 5) is 0. The predicted octanol–water partition coefficient (Wildman–Crippen LogP) is -0.718. The molecule has 0 saturated heterocycles. The maximum absolute atomic E-state index is 8.74. The van der Waals surface area contributed by atoms with Crippen molar-refractivity contribution in [2.45, 2.75) is 0 Å². The first-order valence-corrected chi connectivity index (χ1v) is 2.10. The summed E-state index contributed by atoms with van der Waals surface area (Å²) in [6.07, 6.45) is 0. The van der Waals surface area contributed by atoms with Crippen molar-refractivity contribution in [3.05, 3.63) is 0 Å². The van der Waals surface area contributed by atoms with Crippen LogP contribution in [0.4, 0.5) is 0 Å². The van der Waals surface area contributed by atoms with Gasteiger partial charge in [0.15, 0.2) is 0 Å². The van der Waals surface area contributed by atoms with E-state index in [0.29, 0.717) is 0 Å². The van der Waals surface area contributed by atoms with Crippen LogP contribution in [0.2, 0.25) is 0 Å². The number of halogens is 1. The first-order chi connectivity index (χ1) is 2.00. The second kappa shape index (κ2) is 7.72. The van der Waals surface area contributed by atoms with Crippen LogP contribution in [0.1, 0.15) is 0 Å². The Bertz CT molecular complexity index is 99.2. The quantitative estimate of drug-likeness (QED) is 0.319. The Balaban J connectivity index is -0.0000000267. The number of rotatable bonds is 0. The molecule has 0 saturated carbocycles. The Kier molecular flexibility index (Phi) is 22.5. The van der Waals surface area contributed by atoms with Crippen molar-refractivity contribution in [2.75, 3.05) is 0 Å². The summed E-state index contributed by atoms with van der Waals surface area (Å²) in [6, 6.07) is 0. The molecule has 5 nitrogen and oxygen atoms in total. The molecule has 0 fully saturated rings. The number of hydrogen-bond acceptors (Lipinski definition) is 3. The zero-order valence-corrected chi connectivity index (χ0v) is 4.87. The molecule has 0 rings (SSSR count). The summed E-state index contributed by atoms with van der Waals surface area (Å²) in [5.41, 5.74) is 0. The topological polar surface area (TPSA) is 110 Å². The van der Waals surface area contributed by atoms with Gasteiger partial charge in [0.1, 0.15) is 0 Å². The molecule has 0 radical (unpaired) electrons. The van der Waals surface area contributed by atoms with Crippen LogP contribution in [0.25, 0.3) is 0 Å². The van der Waals surface area contributed by atoms with Crippen LogP contribution in [0.15, 0.2) is 0 Å². The van der Waals surface area contributed by atoms with Crippen molar-refractivity contribution in [1.29, 1.82) is 0 Å². The minimum absolute atomic E-state index is 0. The molecule has 8 heteroatoms. The fraction of sp³-hybridized carbons (Fsp3) is 0. The van der Waals surface area contributed by atoms with Crippen molar-refractivity contribution in [2.24, 2.45) is 0 Å². The molecule has 0 atom stereocenters. The molecule has 0 aromatic rings. The van der Waals surface area contributed by atoms with Gasteiger partial charge in [-0.15, -0.1) is 12.4 Å². The average Bonchev–Trinajstić information content (AvgIpc) is 0.722. The zero-order chi connectivity index (χ0) is 4.50. The molecule has 50 valence electrons. The summed E-state index contributed by atoms with van der Waals surface area (Å²) in [5.74, 6) is 0. The summed E-state index contributed by atoms with van der Waals surface area (Å²) < 4.78 is 31.6. The van der Waals surface area contributed by atoms with Gasteiger partial charge in [0, 0.05) is 0 Å². The monoisotopic (exact) mass is 159 g/mol. The second-order valence-corrected chi connectivity index (χ2v) is 1.34. The SMILES string of the molecule is Cl.N.O=S(=O)(O)O.[LiH]. The molecule has 0 aliphatic carbocycles. The van der Waals surface area contributed by atoms with E-state index in [1.165, 1.54) is 0 Å². The van der Waals surface area contributed by atoms with Gasteiger partial charge in [-0.1, -0.05) is 0 Å². The molecule has 0 aliphatic heterocycles. The van der Waals surface area contributed by atoms with E-state index >= 15 is 0 Å². The van der Waals surface area contributed by atoms with Crippen molar-refractivity contribution >= 4 is 41.7 Å². The first-order valence-electron chi connectivity index (χ1n) is 0.698. The van der Waals surface area contributed by atoms with Gasteiger partial charge in [-0.05, 0) is 0 Å². The average molecular weight is 160 g/mol. The van der Waals surface area contributed by atoms with Crippen molar-refractivity contribution in [3.8, 4) is 0 Å². The summed E-state index contributed by atoms with van der Waals surface area (Å²) in [6.45, 7) is 0. The normalized spacial score (nSPS) is 7.25. The summed E-state index contributed by atoms with van der Waals surface area (Å²) in [5, 5.41) is 0. The van der Waals surface area contributed by atoms with E-state index < -0.39 is 10.4 Å². The number of hydrogen-bond donors (Lipinski definition) is 3. The van der Waals surface area contributed by atoms with Gasteiger partial charge in [0.05, 0.1) is 0 Å². The summed E-state index contributed by atoms with van der Waals surface area (Å²) in [7, 11) is -4.67. The first kappa shape index (κ1) is 23.3. The Labute approximate surface area is 65.6 Å². The fourth-order valence-electron chi connectivity index (χ4n) is 0. The van der Waals surface area contributed by atoms with Gasteiger partial charge in [0.2, 0.25) is 0 Å². The van der Waals surface area contributed by atoms with E-state index in [2.05, 4.69) is 0 Å². The third-order valence-electron chi connectivity index (χ3n) is 0. The van der Waals surface area contributed by atoms with Crippen molar-refractivity contribution in [3.63, 3.8) is 0 Å². The van der Waals surface area contributed by atoms with E-state index in [1.54, 1.807) is 0 Å². The van der Waals surface area contributed by atoms with E-state index in [1.807, 2.05) is 0 Å². The van der Waals surface area contributed by atoms with Crippen LogP contribution in [0, 0.1) is 0 Å². The van der Waals surface area contributed by atoms with Crippen LogP contribution >= 0.6 is 12.4 Å². The van der Waals surface area contributed by atoms with E-state index in [9.17, 15) is 0 Å². The molecule has 0 unspecified atom stereocenters. The standard InChI is InChI=1S/ClH.Li.H3N.H2O4S.H/c;;;1-5(2,3)4;/h1H;;1H3;(H2,1,2,3,4);. The van der Waals surface area contributed by atoms with Crippen LogP contribution in [0.5, 0.6) is 0 Å². The third-order valence-corrected chi connectivity index (χ3v) is 0. The molecular formula is H7ClLiNO4S. The van der Waals surface area contributed by atoms with E-state index in [4.69, 9.17) is 17.5 Å². The molecular weight excluding hydrogens is 152 g/mol. The van der Waals surface area contributed by atoms with Crippen LogP contribution < -0.4 is 6.15 Å². The van der Waals surface area contributed by atoms with Crippen LogP contribution in [-0.2, 0) is 10.4 Å². The Morgan fingerprint density at radius 2 is 1.12 bits per heavy atom. The van der Waals surface area contributed by atoms with Gasteiger partial charge >= 0.3 is 29.3 Å². The molecule has 0 amide bonds. The van der Waals surface area contributed by atoms with Crippen molar-refractivity contribution in [1.82, 2.24) is 6.15 Å². The molecule has 0 aromatic heterocycles. The zero-order valence-electron chi connectivity index (χ0n) is 3.23. The fourth-order valence-corrected chi connectivity index (χ4v) is 0. The molecule has 0 bridgehead atoms.